The molecular weight excluding hydrogens is 286 g/mol. The number of hydrogen-bond acceptors (Lipinski definition) is 2. The largest absolute Gasteiger partial charge is 0.494 e. The van der Waals surface area contributed by atoms with Crippen LogP contribution in [-0.2, 0) is 4.79 Å². The van der Waals surface area contributed by atoms with E-state index in [2.05, 4.69) is 36.5 Å². The minimum Gasteiger partial charge on any atom is -0.494 e. The van der Waals surface area contributed by atoms with Gasteiger partial charge in [-0.2, -0.15) is 0 Å². The number of rotatable bonds is 7. The van der Waals surface area contributed by atoms with Crippen LogP contribution in [-0.4, -0.2) is 12.5 Å². The van der Waals surface area contributed by atoms with Crippen LogP contribution in [0.2, 0.25) is 0 Å². The molecule has 0 aromatic heterocycles. The van der Waals surface area contributed by atoms with Crippen molar-refractivity contribution in [3.63, 3.8) is 0 Å². The van der Waals surface area contributed by atoms with Crippen molar-refractivity contribution in [1.29, 1.82) is 0 Å². The highest BCUT2D eigenvalue weighted by Crippen LogP contribution is 2.14. The summed E-state index contributed by atoms with van der Waals surface area (Å²) in [6, 6.07) is 16.2. The second kappa shape index (κ2) is 8.37. The molecule has 0 heterocycles. The molecule has 3 nitrogen and oxygen atoms in total. The number of amides is 1. The lowest BCUT2D eigenvalue weighted by Crippen LogP contribution is -2.26. The minimum atomic E-state index is 0.0288. The highest BCUT2D eigenvalue weighted by molar-refractivity contribution is 5.76. The zero-order chi connectivity index (χ0) is 16.7. The molecule has 0 saturated carbocycles. The zero-order valence-electron chi connectivity index (χ0n) is 14.1. The van der Waals surface area contributed by atoms with E-state index in [0.29, 0.717) is 19.4 Å². The average molecular weight is 311 g/mol. The smallest absolute Gasteiger partial charge is 0.220 e. The van der Waals surface area contributed by atoms with Crippen molar-refractivity contribution in [3.8, 4) is 5.75 Å². The first-order chi connectivity index (χ1) is 11.0. The Hall–Kier alpha value is -2.29. The highest BCUT2D eigenvalue weighted by Gasteiger charge is 2.09. The summed E-state index contributed by atoms with van der Waals surface area (Å²) >= 11 is 0. The maximum absolute atomic E-state index is 12.0. The molecular formula is C20H25NO2. The molecule has 122 valence electrons. The molecule has 2 aromatic rings. The Kier molecular flexibility index (Phi) is 6.21. The van der Waals surface area contributed by atoms with Gasteiger partial charge in [-0.1, -0.05) is 47.5 Å². The van der Waals surface area contributed by atoms with Crippen LogP contribution in [0.15, 0.2) is 48.5 Å². The molecule has 0 radical (unpaired) electrons. The number of ether oxygens (including phenoxy) is 1. The van der Waals surface area contributed by atoms with Crippen molar-refractivity contribution >= 4 is 5.91 Å². The maximum atomic E-state index is 12.0. The molecule has 0 aliphatic heterocycles. The van der Waals surface area contributed by atoms with Gasteiger partial charge < -0.3 is 10.1 Å². The summed E-state index contributed by atoms with van der Waals surface area (Å²) in [5.74, 6) is 0.912. The van der Waals surface area contributed by atoms with Crippen molar-refractivity contribution in [3.05, 3.63) is 65.2 Å². The van der Waals surface area contributed by atoms with E-state index in [1.165, 1.54) is 11.1 Å². The Morgan fingerprint density at radius 2 is 1.57 bits per heavy atom. The number of carbonyl (C=O) groups excluding carboxylic acids is 1. The lowest BCUT2D eigenvalue weighted by atomic mass is 10.1. The molecule has 0 bridgehead atoms. The summed E-state index contributed by atoms with van der Waals surface area (Å²) in [7, 11) is 0. The Balaban J connectivity index is 1.68. The van der Waals surface area contributed by atoms with E-state index < -0.39 is 0 Å². The summed E-state index contributed by atoms with van der Waals surface area (Å²) in [6.07, 6.45) is 1.18. The van der Waals surface area contributed by atoms with Crippen LogP contribution in [0.4, 0.5) is 0 Å². The van der Waals surface area contributed by atoms with Gasteiger partial charge in [-0.25, -0.2) is 0 Å². The van der Waals surface area contributed by atoms with Crippen LogP contribution in [0.1, 0.15) is 42.5 Å². The van der Waals surface area contributed by atoms with Gasteiger partial charge in [0.25, 0.3) is 0 Å². The van der Waals surface area contributed by atoms with Crippen molar-refractivity contribution in [2.45, 2.75) is 39.7 Å². The topological polar surface area (TPSA) is 38.3 Å². The van der Waals surface area contributed by atoms with Gasteiger partial charge in [0.2, 0.25) is 5.91 Å². The fourth-order valence-electron chi connectivity index (χ4n) is 2.31. The fourth-order valence-corrected chi connectivity index (χ4v) is 2.31. The second-order valence-electron chi connectivity index (χ2n) is 5.96. The predicted octanol–water partition coefficient (Wildman–Crippen LogP) is 4.34. The maximum Gasteiger partial charge on any atom is 0.220 e. The number of aryl methyl sites for hydroxylation is 2. The van der Waals surface area contributed by atoms with E-state index in [4.69, 9.17) is 4.74 Å². The van der Waals surface area contributed by atoms with Crippen molar-refractivity contribution in [1.82, 2.24) is 5.32 Å². The highest BCUT2D eigenvalue weighted by atomic mass is 16.5. The molecule has 0 fully saturated rings. The summed E-state index contributed by atoms with van der Waals surface area (Å²) < 4.78 is 5.63. The summed E-state index contributed by atoms with van der Waals surface area (Å²) in [5.41, 5.74) is 3.56. The van der Waals surface area contributed by atoms with Gasteiger partial charge in [0.15, 0.2) is 0 Å². The first kappa shape index (κ1) is 17.1. The van der Waals surface area contributed by atoms with E-state index in [-0.39, 0.29) is 11.9 Å². The lowest BCUT2D eigenvalue weighted by molar-refractivity contribution is -0.121. The predicted molar refractivity (Wildman–Crippen MR) is 93.6 cm³/mol. The molecule has 23 heavy (non-hydrogen) atoms. The van der Waals surface area contributed by atoms with E-state index in [9.17, 15) is 4.79 Å². The minimum absolute atomic E-state index is 0.0288. The summed E-state index contributed by atoms with van der Waals surface area (Å²) in [4.78, 5) is 12.0. The first-order valence-corrected chi connectivity index (χ1v) is 8.10. The van der Waals surface area contributed by atoms with Crippen molar-refractivity contribution < 1.29 is 9.53 Å². The molecule has 2 rings (SSSR count). The van der Waals surface area contributed by atoms with Crippen LogP contribution in [0, 0.1) is 13.8 Å². The molecule has 0 aliphatic carbocycles. The molecule has 0 saturated heterocycles. The SMILES string of the molecule is Cc1ccc(OCCCC(=O)N[C@@H](C)c2ccc(C)cc2)cc1. The van der Waals surface area contributed by atoms with Crippen LogP contribution < -0.4 is 10.1 Å². The van der Waals surface area contributed by atoms with Crippen LogP contribution in [0.5, 0.6) is 5.75 Å². The second-order valence-corrected chi connectivity index (χ2v) is 5.96. The lowest BCUT2D eigenvalue weighted by Gasteiger charge is -2.14. The van der Waals surface area contributed by atoms with Crippen molar-refractivity contribution in [2.24, 2.45) is 0 Å². The standard InChI is InChI=1S/C20H25NO2/c1-15-6-10-18(11-7-15)17(3)21-20(22)5-4-14-23-19-12-8-16(2)9-13-19/h6-13,17H,4-5,14H2,1-3H3,(H,21,22)/t17-/m0/s1. The monoisotopic (exact) mass is 311 g/mol. The third-order valence-corrected chi connectivity index (χ3v) is 3.79. The normalized spacial score (nSPS) is 11.8. The van der Waals surface area contributed by atoms with Gasteiger partial charge in [0, 0.05) is 6.42 Å². The van der Waals surface area contributed by atoms with E-state index in [1.54, 1.807) is 0 Å². The third-order valence-electron chi connectivity index (χ3n) is 3.79. The molecule has 1 atom stereocenters. The number of benzene rings is 2. The Bertz CT molecular complexity index is 617. The number of carbonyl (C=O) groups is 1. The van der Waals surface area contributed by atoms with E-state index in [1.807, 2.05) is 38.1 Å². The number of hydrogen-bond donors (Lipinski definition) is 1. The van der Waals surface area contributed by atoms with Gasteiger partial charge >= 0.3 is 0 Å². The van der Waals surface area contributed by atoms with Crippen LogP contribution in [0.25, 0.3) is 0 Å². The van der Waals surface area contributed by atoms with Gasteiger partial charge in [0.05, 0.1) is 12.6 Å². The number of nitrogens with one attached hydrogen (secondary N) is 1. The Labute approximate surface area is 138 Å². The van der Waals surface area contributed by atoms with E-state index >= 15 is 0 Å². The van der Waals surface area contributed by atoms with E-state index in [0.717, 1.165) is 11.3 Å². The average Bonchev–Trinajstić information content (AvgIpc) is 2.54. The molecule has 1 N–H and O–H groups in total. The molecule has 3 heteroatoms. The molecule has 0 unspecified atom stereocenters. The quantitative estimate of drug-likeness (QED) is 0.772. The van der Waals surface area contributed by atoms with Crippen molar-refractivity contribution in [2.75, 3.05) is 6.61 Å². The molecule has 0 aliphatic rings. The van der Waals surface area contributed by atoms with Gasteiger partial charge in [-0.3, -0.25) is 4.79 Å². The van der Waals surface area contributed by atoms with Crippen LogP contribution in [0.3, 0.4) is 0 Å². The fraction of sp³-hybridized carbons (Fsp3) is 0.350. The summed E-state index contributed by atoms with van der Waals surface area (Å²) in [6.45, 7) is 6.66. The molecule has 0 spiro atoms. The first-order valence-electron chi connectivity index (χ1n) is 8.10. The van der Waals surface area contributed by atoms with Crippen LogP contribution >= 0.6 is 0 Å². The van der Waals surface area contributed by atoms with Gasteiger partial charge in [-0.15, -0.1) is 0 Å². The molecule has 1 amide bonds. The van der Waals surface area contributed by atoms with Gasteiger partial charge in [-0.05, 0) is 44.9 Å². The molecule has 2 aromatic carbocycles. The summed E-state index contributed by atoms with van der Waals surface area (Å²) in [5, 5.41) is 3.03. The Morgan fingerprint density at radius 1 is 1.00 bits per heavy atom. The third kappa shape index (κ3) is 5.78. The van der Waals surface area contributed by atoms with Gasteiger partial charge in [0.1, 0.15) is 5.75 Å². The zero-order valence-corrected chi connectivity index (χ0v) is 14.1. The Morgan fingerprint density at radius 3 is 2.17 bits per heavy atom.